The number of rotatable bonds is 8. The van der Waals surface area contributed by atoms with Crippen molar-refractivity contribution in [1.29, 1.82) is 0 Å². The predicted octanol–water partition coefficient (Wildman–Crippen LogP) is 4.71. The monoisotopic (exact) mass is 677 g/mol. The molecular weight excluding hydrogens is 645 g/mol. The summed E-state index contributed by atoms with van der Waals surface area (Å²) in [6.07, 6.45) is 3.17. The van der Waals surface area contributed by atoms with Crippen molar-refractivity contribution in [1.82, 2.24) is 0 Å². The first-order valence-electron chi connectivity index (χ1n) is 15.5. The zero-order chi connectivity index (χ0) is 34.1. The van der Waals surface area contributed by atoms with Gasteiger partial charge in [-0.15, -0.1) is 22.7 Å². The highest BCUT2D eigenvalue weighted by Gasteiger charge is 2.47. The average Bonchev–Trinajstić information content (AvgIpc) is 3.83. The van der Waals surface area contributed by atoms with Gasteiger partial charge in [0, 0.05) is 38.6 Å². The molecular formula is C38H33N2O6S2+. The molecule has 2 aliphatic rings. The predicted molar refractivity (Wildman–Crippen MR) is 191 cm³/mol. The number of nitrogens with zero attached hydrogens (tertiary/aromatic N) is 2. The lowest BCUT2D eigenvalue weighted by molar-refractivity contribution is -0.427. The van der Waals surface area contributed by atoms with E-state index in [2.05, 4.69) is 12.1 Å². The van der Waals surface area contributed by atoms with Gasteiger partial charge < -0.3 is 15.1 Å². The second kappa shape index (κ2) is 11.4. The van der Waals surface area contributed by atoms with E-state index in [0.29, 0.717) is 5.71 Å². The van der Waals surface area contributed by atoms with Crippen LogP contribution in [0.5, 0.6) is 0 Å². The van der Waals surface area contributed by atoms with Gasteiger partial charge in [0.15, 0.2) is 5.71 Å². The molecule has 2 aromatic heterocycles. The Hall–Kier alpha value is -4.93. The normalized spacial score (nSPS) is 17.4. The molecule has 7 rings (SSSR count). The Morgan fingerprint density at radius 1 is 0.833 bits per heavy atom. The zero-order valence-electron chi connectivity index (χ0n) is 26.8. The third kappa shape index (κ3) is 4.98. The lowest BCUT2D eigenvalue weighted by Gasteiger charge is -2.31. The van der Waals surface area contributed by atoms with E-state index in [1.54, 1.807) is 44.3 Å². The molecule has 2 N–H and O–H groups in total. The maximum Gasteiger partial charge on any atom is 0.370 e. The van der Waals surface area contributed by atoms with Crippen LogP contribution in [0.25, 0.3) is 33.0 Å². The number of fused-ring (bicyclic) bond motifs is 2. The number of benzene rings is 2. The second-order valence-electron chi connectivity index (χ2n) is 13.4. The number of carbonyl (C=O) groups is 2. The molecule has 0 saturated heterocycles. The van der Waals surface area contributed by atoms with E-state index in [4.69, 9.17) is 0 Å². The number of hydrogen-bond donors (Lipinski definition) is 2. The summed E-state index contributed by atoms with van der Waals surface area (Å²) in [7, 11) is 0. The maximum absolute atomic E-state index is 13.8. The van der Waals surface area contributed by atoms with Gasteiger partial charge in [0.25, 0.3) is 0 Å². The number of hydrogen-bond acceptors (Lipinski definition) is 7. The fraction of sp³-hybridized carbons (Fsp3) is 0.237. The summed E-state index contributed by atoms with van der Waals surface area (Å²) in [6, 6.07) is 19.3. The molecule has 48 heavy (non-hydrogen) atoms. The minimum Gasteiger partial charge on any atom is -0.480 e. The van der Waals surface area contributed by atoms with Gasteiger partial charge in [-0.1, -0.05) is 32.0 Å². The summed E-state index contributed by atoms with van der Waals surface area (Å²) in [5.41, 5.74) is 3.74. The van der Waals surface area contributed by atoms with Gasteiger partial charge in [-0.3, -0.25) is 14.4 Å². The van der Waals surface area contributed by atoms with Crippen LogP contribution in [0.3, 0.4) is 0 Å². The Bertz CT molecular complexity index is 2330. The number of aliphatic carboxylic acids is 2. The highest BCUT2D eigenvalue weighted by molar-refractivity contribution is 7.13. The number of carboxylic acids is 2. The molecule has 0 bridgehead atoms. The van der Waals surface area contributed by atoms with Crippen molar-refractivity contribution < 1.29 is 24.4 Å². The Labute approximate surface area is 284 Å². The van der Waals surface area contributed by atoms with E-state index < -0.39 is 39.7 Å². The molecule has 1 unspecified atom stereocenters. The van der Waals surface area contributed by atoms with Crippen LogP contribution in [-0.2, 0) is 20.4 Å². The number of thiophene rings is 2. The molecule has 0 spiro atoms. The molecule has 0 fully saturated rings. The highest BCUT2D eigenvalue weighted by Crippen LogP contribution is 2.47. The third-order valence-corrected chi connectivity index (χ3v) is 11.6. The molecule has 3 aromatic carbocycles. The van der Waals surface area contributed by atoms with Crippen molar-refractivity contribution in [3.8, 4) is 20.9 Å². The molecule has 1 atom stereocenters. The van der Waals surface area contributed by atoms with E-state index in [0.717, 1.165) is 43.4 Å². The SMILES string of the molecule is CC1(C)C(C=c2c(=O)c(=CC3N(CC(=O)O)c4ccc(-c5cccs5)cc4C3(C)C)c2=O)=[N+](CC(=O)O)c2ccc(-c3cccs3)cc21. The quantitative estimate of drug-likeness (QED) is 0.229. The molecule has 0 aliphatic carbocycles. The smallest absolute Gasteiger partial charge is 0.370 e. The summed E-state index contributed by atoms with van der Waals surface area (Å²) in [6.45, 7) is 7.31. The number of carboxylic acid groups (broad SMARTS) is 2. The molecule has 4 heterocycles. The van der Waals surface area contributed by atoms with Crippen LogP contribution in [0.1, 0.15) is 38.8 Å². The molecule has 2 aliphatic heterocycles. The van der Waals surface area contributed by atoms with Crippen molar-refractivity contribution >= 4 is 63.9 Å². The Balaban J connectivity index is 1.33. The van der Waals surface area contributed by atoms with Gasteiger partial charge in [0.1, 0.15) is 6.54 Å². The molecule has 0 saturated carbocycles. The molecule has 8 nitrogen and oxygen atoms in total. The summed E-state index contributed by atoms with van der Waals surface area (Å²) in [5.74, 6) is -2.05. The van der Waals surface area contributed by atoms with Gasteiger partial charge in [0.2, 0.25) is 23.1 Å². The maximum atomic E-state index is 13.8. The first kappa shape index (κ1) is 31.7. The summed E-state index contributed by atoms with van der Waals surface area (Å²) < 4.78 is 1.67. The summed E-state index contributed by atoms with van der Waals surface area (Å²) in [5, 5.41) is 23.7. The third-order valence-electron chi connectivity index (χ3n) is 9.76. The van der Waals surface area contributed by atoms with Gasteiger partial charge in [0.05, 0.1) is 21.9 Å². The molecule has 10 heteroatoms. The van der Waals surface area contributed by atoms with Crippen LogP contribution >= 0.6 is 22.7 Å². The van der Waals surface area contributed by atoms with Crippen LogP contribution in [-0.4, -0.2) is 51.6 Å². The van der Waals surface area contributed by atoms with Crippen molar-refractivity contribution in [2.45, 2.75) is 44.6 Å². The van der Waals surface area contributed by atoms with Gasteiger partial charge >= 0.3 is 11.9 Å². The Morgan fingerprint density at radius 3 is 2.00 bits per heavy atom. The standard InChI is InChI=1S/C38H32N2O6S2/c1-37(2)25-15-21(29-7-5-13-47-29)9-11-27(25)39(19-33(41)42)31(37)17-23-35(45)24(36(23)46)18-32-38(3,4)26-16-22(30-8-6-14-48-30)10-12-28(26)40(32)20-34(43)44/h5-18,31H,19-20H2,1-4H3,(H-,41,42,43,44)/p+1. The number of anilines is 1. The fourth-order valence-electron chi connectivity index (χ4n) is 7.27. The van der Waals surface area contributed by atoms with Crippen molar-refractivity contribution in [2.24, 2.45) is 0 Å². The van der Waals surface area contributed by atoms with E-state index in [9.17, 15) is 29.4 Å². The molecule has 5 aromatic rings. The minimum absolute atomic E-state index is 0.0101. The fourth-order valence-corrected chi connectivity index (χ4v) is 8.72. The summed E-state index contributed by atoms with van der Waals surface area (Å²) in [4.78, 5) is 55.5. The van der Waals surface area contributed by atoms with Gasteiger partial charge in [-0.25, -0.2) is 4.79 Å². The largest absolute Gasteiger partial charge is 0.480 e. The Morgan fingerprint density at radius 2 is 1.44 bits per heavy atom. The van der Waals surface area contributed by atoms with E-state index in [1.807, 2.05) is 87.0 Å². The zero-order valence-corrected chi connectivity index (χ0v) is 28.4. The van der Waals surface area contributed by atoms with Crippen LogP contribution in [0.15, 0.2) is 81.0 Å². The second-order valence-corrected chi connectivity index (χ2v) is 15.3. The lowest BCUT2D eigenvalue weighted by Crippen LogP contribution is -2.66. The average molecular weight is 678 g/mol. The van der Waals surface area contributed by atoms with Crippen LogP contribution < -0.4 is 26.2 Å². The van der Waals surface area contributed by atoms with Crippen molar-refractivity contribution in [3.63, 3.8) is 0 Å². The van der Waals surface area contributed by atoms with Crippen molar-refractivity contribution in [2.75, 3.05) is 18.0 Å². The Kier molecular flexibility index (Phi) is 7.49. The molecule has 0 radical (unpaired) electrons. The van der Waals surface area contributed by atoms with Crippen LogP contribution in [0.2, 0.25) is 0 Å². The van der Waals surface area contributed by atoms with Crippen LogP contribution in [0, 0.1) is 0 Å². The van der Waals surface area contributed by atoms with E-state index in [-0.39, 0.29) is 23.5 Å². The van der Waals surface area contributed by atoms with E-state index >= 15 is 0 Å². The first-order chi connectivity index (χ1) is 22.8. The van der Waals surface area contributed by atoms with Gasteiger partial charge in [-0.05, 0) is 83.8 Å². The minimum atomic E-state index is -1.03. The van der Waals surface area contributed by atoms with Gasteiger partial charge in [-0.2, -0.15) is 4.58 Å². The molecule has 0 amide bonds. The molecule has 242 valence electrons. The topological polar surface area (TPSA) is 115 Å². The van der Waals surface area contributed by atoms with E-state index in [1.165, 1.54) is 0 Å². The highest BCUT2D eigenvalue weighted by atomic mass is 32.1. The van der Waals surface area contributed by atoms with Crippen molar-refractivity contribution in [3.05, 3.63) is 113 Å². The first-order valence-corrected chi connectivity index (χ1v) is 17.3. The summed E-state index contributed by atoms with van der Waals surface area (Å²) >= 11 is 3.23. The van der Waals surface area contributed by atoms with Crippen LogP contribution in [0.4, 0.5) is 11.4 Å². The lowest BCUT2D eigenvalue weighted by atomic mass is 9.79.